The topological polar surface area (TPSA) is 72.5 Å². The molecular weight excluding hydrogens is 325 g/mol. The van der Waals surface area contributed by atoms with Crippen molar-refractivity contribution < 1.29 is 17.9 Å². The van der Waals surface area contributed by atoms with Crippen LogP contribution in [0.3, 0.4) is 0 Å². The summed E-state index contributed by atoms with van der Waals surface area (Å²) in [5.41, 5.74) is 1.64. The molecule has 1 radical (unpaired) electrons. The predicted molar refractivity (Wildman–Crippen MR) is 91.9 cm³/mol. The molecule has 0 unspecified atom stereocenters. The van der Waals surface area contributed by atoms with E-state index in [4.69, 9.17) is 4.74 Å². The molecule has 0 aliphatic carbocycles. The Labute approximate surface area is 158 Å². The third kappa shape index (κ3) is 5.66. The maximum atomic E-state index is 11.5. The number of sulfonamides is 1. The van der Waals surface area contributed by atoms with Crippen molar-refractivity contribution in [1.29, 1.82) is 0 Å². The zero-order valence-corrected chi connectivity index (χ0v) is 16.4. The van der Waals surface area contributed by atoms with Crippen molar-refractivity contribution in [3.05, 3.63) is 53.6 Å². The summed E-state index contributed by atoms with van der Waals surface area (Å²) in [7, 11) is -3.45. The summed E-state index contributed by atoms with van der Waals surface area (Å²) in [6, 6.07) is 12.0. The van der Waals surface area contributed by atoms with Gasteiger partial charge in [-0.05, 0) is 43.7 Å². The average Bonchev–Trinajstić information content (AvgIpc) is 2.41. The maximum absolute atomic E-state index is 11.5. The fraction of sp³-hybridized carbons (Fsp3) is 0.188. The van der Waals surface area contributed by atoms with Crippen LogP contribution in [-0.2, 0) is 10.0 Å². The minimum absolute atomic E-state index is 0. The molecule has 23 heavy (non-hydrogen) atoms. The average molecular weight is 342 g/mol. The Balaban J connectivity index is 0.00000264. The van der Waals surface area contributed by atoms with E-state index in [0.29, 0.717) is 11.3 Å². The van der Waals surface area contributed by atoms with Gasteiger partial charge < -0.3 is 4.74 Å². The molecule has 0 saturated heterocycles. The van der Waals surface area contributed by atoms with E-state index in [2.05, 4.69) is 4.72 Å². The Hall–Kier alpha value is -1.34. The van der Waals surface area contributed by atoms with E-state index in [9.17, 15) is 13.2 Å². The van der Waals surface area contributed by atoms with Gasteiger partial charge in [0.15, 0.2) is 11.5 Å². The fourth-order valence-corrected chi connectivity index (χ4v) is 2.47. The number of nitrogens with one attached hydrogen (secondary N) is 1. The van der Waals surface area contributed by atoms with Crippen LogP contribution in [0.15, 0.2) is 42.5 Å². The smallest absolute Gasteiger partial charge is 0.229 e. The zero-order chi connectivity index (χ0) is 16.3. The van der Waals surface area contributed by atoms with Gasteiger partial charge in [-0.15, -0.1) is 0 Å². The first-order valence-corrected chi connectivity index (χ1v) is 8.51. The second-order valence-corrected chi connectivity index (χ2v) is 6.76. The molecule has 0 spiro atoms. The van der Waals surface area contributed by atoms with Crippen LogP contribution in [0.1, 0.15) is 22.8 Å². The number of anilines is 1. The SMILES string of the molecule is CC(=O)c1ccc(NS(C)(=O)=O)c(Oc2ccccc2C)c1.[Na]. The number of ether oxygens (including phenoxy) is 1. The van der Waals surface area contributed by atoms with Gasteiger partial charge in [-0.3, -0.25) is 9.52 Å². The van der Waals surface area contributed by atoms with Crippen LogP contribution in [-0.4, -0.2) is 50.0 Å². The second-order valence-electron chi connectivity index (χ2n) is 5.01. The molecule has 0 aliphatic heterocycles. The summed E-state index contributed by atoms with van der Waals surface area (Å²) in [6.07, 6.45) is 1.06. The minimum atomic E-state index is -3.45. The Morgan fingerprint density at radius 2 is 1.74 bits per heavy atom. The van der Waals surface area contributed by atoms with Crippen molar-refractivity contribution in [2.24, 2.45) is 0 Å². The number of hydrogen-bond acceptors (Lipinski definition) is 4. The first-order chi connectivity index (χ1) is 10.3. The van der Waals surface area contributed by atoms with Gasteiger partial charge in [-0.1, -0.05) is 18.2 Å². The number of Topliss-reactive ketones (excluding diaryl/α,β-unsaturated/α-hetero) is 1. The van der Waals surface area contributed by atoms with Gasteiger partial charge in [-0.25, -0.2) is 8.42 Å². The van der Waals surface area contributed by atoms with Gasteiger partial charge in [0.2, 0.25) is 10.0 Å². The number of benzene rings is 2. The molecule has 2 aromatic carbocycles. The Kier molecular flexibility index (Phi) is 6.83. The normalized spacial score (nSPS) is 10.6. The number of rotatable bonds is 5. The van der Waals surface area contributed by atoms with E-state index in [1.807, 2.05) is 25.1 Å². The quantitative estimate of drug-likeness (QED) is 0.670. The number of aryl methyl sites for hydroxylation is 1. The Morgan fingerprint density at radius 3 is 2.30 bits per heavy atom. The van der Waals surface area contributed by atoms with Crippen molar-refractivity contribution in [2.75, 3.05) is 11.0 Å². The van der Waals surface area contributed by atoms with Crippen LogP contribution in [0, 0.1) is 6.92 Å². The summed E-state index contributed by atoms with van der Waals surface area (Å²) in [5.74, 6) is 0.757. The molecule has 117 valence electrons. The minimum Gasteiger partial charge on any atom is -0.455 e. The predicted octanol–water partition coefficient (Wildman–Crippen LogP) is 2.98. The summed E-state index contributed by atoms with van der Waals surface area (Å²) in [5, 5.41) is 0. The molecular formula is C16H17NNaO4S. The number of ketones is 1. The molecule has 0 aromatic heterocycles. The summed E-state index contributed by atoms with van der Waals surface area (Å²) < 4.78 is 31.1. The third-order valence-corrected chi connectivity index (χ3v) is 3.59. The van der Waals surface area contributed by atoms with E-state index in [-0.39, 0.29) is 46.8 Å². The van der Waals surface area contributed by atoms with Crippen molar-refractivity contribution >= 4 is 51.1 Å². The van der Waals surface area contributed by atoms with Crippen molar-refractivity contribution in [2.45, 2.75) is 13.8 Å². The molecule has 0 amide bonds. The van der Waals surface area contributed by atoms with Crippen LogP contribution in [0.25, 0.3) is 0 Å². The molecule has 0 fully saturated rings. The van der Waals surface area contributed by atoms with Gasteiger partial charge in [0, 0.05) is 35.1 Å². The second kappa shape index (κ2) is 7.97. The van der Waals surface area contributed by atoms with Crippen molar-refractivity contribution in [3.63, 3.8) is 0 Å². The molecule has 0 heterocycles. The molecule has 5 nitrogen and oxygen atoms in total. The zero-order valence-electron chi connectivity index (χ0n) is 13.6. The number of carbonyl (C=O) groups is 1. The van der Waals surface area contributed by atoms with Gasteiger partial charge in [0.25, 0.3) is 0 Å². The van der Waals surface area contributed by atoms with Gasteiger partial charge in [-0.2, -0.15) is 0 Å². The van der Waals surface area contributed by atoms with E-state index < -0.39 is 10.0 Å². The summed E-state index contributed by atoms with van der Waals surface area (Å²) >= 11 is 0. The molecule has 0 aliphatic rings. The third-order valence-electron chi connectivity index (χ3n) is 3.00. The molecule has 2 aromatic rings. The maximum Gasteiger partial charge on any atom is 0.229 e. The summed E-state index contributed by atoms with van der Waals surface area (Å²) in [4.78, 5) is 11.5. The number of carbonyl (C=O) groups excluding carboxylic acids is 1. The standard InChI is InChI=1S/C16H17NO4S.Na/c1-11-6-4-5-7-15(11)21-16-10-13(12(2)18)8-9-14(16)17-22(3,19)20;/h4-10,17H,1-3H3;. The monoisotopic (exact) mass is 342 g/mol. The molecule has 0 atom stereocenters. The summed E-state index contributed by atoms with van der Waals surface area (Å²) in [6.45, 7) is 3.32. The first-order valence-electron chi connectivity index (χ1n) is 6.62. The number of hydrogen-bond donors (Lipinski definition) is 1. The number of para-hydroxylation sites is 1. The fourth-order valence-electron chi connectivity index (χ4n) is 1.90. The van der Waals surface area contributed by atoms with E-state index >= 15 is 0 Å². The molecule has 0 bridgehead atoms. The molecule has 1 N–H and O–H groups in total. The van der Waals surface area contributed by atoms with E-state index in [0.717, 1.165) is 11.8 Å². The van der Waals surface area contributed by atoms with Crippen molar-refractivity contribution in [1.82, 2.24) is 0 Å². The van der Waals surface area contributed by atoms with Gasteiger partial charge in [0.1, 0.15) is 5.75 Å². The van der Waals surface area contributed by atoms with E-state index in [1.54, 1.807) is 12.1 Å². The Morgan fingerprint density at radius 1 is 1.09 bits per heavy atom. The first kappa shape index (κ1) is 19.7. The molecule has 7 heteroatoms. The molecule has 0 saturated carbocycles. The van der Waals surface area contributed by atoms with Gasteiger partial charge in [0.05, 0.1) is 11.9 Å². The van der Waals surface area contributed by atoms with Crippen LogP contribution in [0.4, 0.5) is 5.69 Å². The van der Waals surface area contributed by atoms with Crippen LogP contribution < -0.4 is 9.46 Å². The van der Waals surface area contributed by atoms with Crippen LogP contribution >= 0.6 is 0 Å². The van der Waals surface area contributed by atoms with Gasteiger partial charge >= 0.3 is 0 Å². The van der Waals surface area contributed by atoms with Crippen LogP contribution in [0.5, 0.6) is 11.5 Å². The molecule has 2 rings (SSSR count). The van der Waals surface area contributed by atoms with E-state index in [1.165, 1.54) is 19.1 Å². The van der Waals surface area contributed by atoms with Crippen molar-refractivity contribution in [3.8, 4) is 11.5 Å². The van der Waals surface area contributed by atoms with Crippen LogP contribution in [0.2, 0.25) is 0 Å². The largest absolute Gasteiger partial charge is 0.455 e. The Bertz CT molecular complexity index is 819.